The van der Waals surface area contributed by atoms with Gasteiger partial charge >= 0.3 is 0 Å². The predicted octanol–water partition coefficient (Wildman–Crippen LogP) is 2.56. The number of aryl methyl sites for hydroxylation is 1. The van der Waals surface area contributed by atoms with E-state index in [9.17, 15) is 9.59 Å². The maximum Gasteiger partial charge on any atom is 0.251 e. The lowest BCUT2D eigenvalue weighted by Gasteiger charge is -2.07. The summed E-state index contributed by atoms with van der Waals surface area (Å²) in [5.41, 5.74) is 3.83. The average Bonchev–Trinajstić information content (AvgIpc) is 2.51. The van der Waals surface area contributed by atoms with Crippen molar-refractivity contribution < 1.29 is 9.59 Å². The second kappa shape index (κ2) is 7.41. The summed E-state index contributed by atoms with van der Waals surface area (Å²) in [6, 6.07) is 15.3. The van der Waals surface area contributed by atoms with E-state index in [1.807, 2.05) is 37.3 Å². The Labute approximate surface area is 130 Å². The van der Waals surface area contributed by atoms with Gasteiger partial charge in [0.15, 0.2) is 0 Å². The van der Waals surface area contributed by atoms with Crippen molar-refractivity contribution >= 4 is 11.8 Å². The summed E-state index contributed by atoms with van der Waals surface area (Å²) in [5, 5.41) is 5.63. The molecular formula is C18H20N2O2. The molecule has 2 aromatic rings. The van der Waals surface area contributed by atoms with Crippen LogP contribution in [0.15, 0.2) is 48.5 Å². The normalized spacial score (nSPS) is 10.1. The van der Waals surface area contributed by atoms with Crippen molar-refractivity contribution in [3.8, 4) is 0 Å². The number of carbonyl (C=O) groups excluding carboxylic acids is 2. The van der Waals surface area contributed by atoms with Gasteiger partial charge in [0.05, 0.1) is 0 Å². The molecular weight excluding hydrogens is 276 g/mol. The van der Waals surface area contributed by atoms with E-state index in [4.69, 9.17) is 0 Å². The van der Waals surface area contributed by atoms with Gasteiger partial charge < -0.3 is 10.6 Å². The summed E-state index contributed by atoms with van der Waals surface area (Å²) in [6.45, 7) is 4.49. The fraction of sp³-hybridized carbons (Fsp3) is 0.222. The largest absolute Gasteiger partial charge is 0.352 e. The van der Waals surface area contributed by atoms with Gasteiger partial charge in [-0.05, 0) is 30.2 Å². The van der Waals surface area contributed by atoms with E-state index in [2.05, 4.69) is 16.7 Å². The number of nitrogens with one attached hydrogen (secondary N) is 2. The van der Waals surface area contributed by atoms with Crippen LogP contribution >= 0.6 is 0 Å². The Balaban J connectivity index is 1.91. The third-order valence-corrected chi connectivity index (χ3v) is 3.29. The lowest BCUT2D eigenvalue weighted by atomic mass is 10.1. The summed E-state index contributed by atoms with van der Waals surface area (Å²) >= 11 is 0. The van der Waals surface area contributed by atoms with Gasteiger partial charge in [-0.15, -0.1) is 0 Å². The van der Waals surface area contributed by atoms with Crippen LogP contribution in [-0.4, -0.2) is 11.8 Å². The number of rotatable bonds is 5. The zero-order chi connectivity index (χ0) is 15.9. The molecule has 0 saturated carbocycles. The minimum absolute atomic E-state index is 0.0695. The first kappa shape index (κ1) is 15.8. The first-order valence-electron chi connectivity index (χ1n) is 7.22. The van der Waals surface area contributed by atoms with Crippen molar-refractivity contribution in [2.45, 2.75) is 26.9 Å². The van der Waals surface area contributed by atoms with Crippen LogP contribution in [0, 0.1) is 6.92 Å². The fourth-order valence-corrected chi connectivity index (χ4v) is 2.11. The summed E-state index contributed by atoms with van der Waals surface area (Å²) < 4.78 is 0. The molecule has 2 rings (SSSR count). The minimum atomic E-state index is -0.104. The van der Waals surface area contributed by atoms with E-state index in [1.54, 1.807) is 12.1 Å². The highest BCUT2D eigenvalue weighted by Crippen LogP contribution is 2.06. The van der Waals surface area contributed by atoms with Crippen molar-refractivity contribution in [2.24, 2.45) is 0 Å². The Morgan fingerprint density at radius 1 is 0.909 bits per heavy atom. The quantitative estimate of drug-likeness (QED) is 0.891. The first-order valence-corrected chi connectivity index (χ1v) is 7.22. The lowest BCUT2D eigenvalue weighted by molar-refractivity contribution is -0.119. The standard InChI is InChI=1S/C18H20N2O2/c1-13-4-3-5-16(10-13)12-20-18(22)17-8-6-15(7-9-17)11-19-14(2)21/h3-10H,11-12H2,1-2H3,(H,19,21)(H,20,22). The van der Waals surface area contributed by atoms with E-state index in [-0.39, 0.29) is 11.8 Å². The monoisotopic (exact) mass is 296 g/mol. The molecule has 0 heterocycles. The number of hydrogen-bond donors (Lipinski definition) is 2. The summed E-state index contributed by atoms with van der Waals surface area (Å²) in [7, 11) is 0. The highest BCUT2D eigenvalue weighted by atomic mass is 16.2. The molecule has 0 fully saturated rings. The predicted molar refractivity (Wildman–Crippen MR) is 86.3 cm³/mol. The van der Waals surface area contributed by atoms with Crippen molar-refractivity contribution in [3.63, 3.8) is 0 Å². The Morgan fingerprint density at radius 2 is 1.59 bits per heavy atom. The Kier molecular flexibility index (Phi) is 5.31. The van der Waals surface area contributed by atoms with Crippen LogP contribution in [-0.2, 0) is 17.9 Å². The molecule has 0 aliphatic rings. The Hall–Kier alpha value is -2.62. The molecule has 4 nitrogen and oxygen atoms in total. The Bertz CT molecular complexity index is 663. The Morgan fingerprint density at radius 3 is 2.23 bits per heavy atom. The number of amides is 2. The molecule has 2 aromatic carbocycles. The van der Waals surface area contributed by atoms with Crippen LogP contribution in [0.4, 0.5) is 0 Å². The van der Waals surface area contributed by atoms with Crippen molar-refractivity contribution in [1.82, 2.24) is 10.6 Å². The first-order chi connectivity index (χ1) is 10.5. The van der Waals surface area contributed by atoms with Gasteiger partial charge in [0.25, 0.3) is 5.91 Å². The van der Waals surface area contributed by atoms with Crippen LogP contribution in [0.2, 0.25) is 0 Å². The topological polar surface area (TPSA) is 58.2 Å². The molecule has 0 radical (unpaired) electrons. The molecule has 2 amide bonds. The molecule has 0 aliphatic heterocycles. The maximum absolute atomic E-state index is 12.1. The van der Waals surface area contributed by atoms with Crippen LogP contribution in [0.25, 0.3) is 0 Å². The number of hydrogen-bond acceptors (Lipinski definition) is 2. The molecule has 0 spiro atoms. The minimum Gasteiger partial charge on any atom is -0.352 e. The van der Waals surface area contributed by atoms with Gasteiger partial charge in [-0.1, -0.05) is 42.0 Å². The van der Waals surface area contributed by atoms with E-state index < -0.39 is 0 Å². The second-order valence-corrected chi connectivity index (χ2v) is 5.28. The zero-order valence-corrected chi connectivity index (χ0v) is 12.8. The second-order valence-electron chi connectivity index (χ2n) is 5.28. The van der Waals surface area contributed by atoms with E-state index >= 15 is 0 Å². The molecule has 4 heteroatoms. The van der Waals surface area contributed by atoms with Gasteiger partial charge in [-0.2, -0.15) is 0 Å². The van der Waals surface area contributed by atoms with Gasteiger partial charge in [-0.3, -0.25) is 9.59 Å². The molecule has 0 unspecified atom stereocenters. The highest BCUT2D eigenvalue weighted by Gasteiger charge is 2.05. The third kappa shape index (κ3) is 4.74. The highest BCUT2D eigenvalue weighted by molar-refractivity contribution is 5.94. The molecule has 0 bridgehead atoms. The smallest absolute Gasteiger partial charge is 0.251 e. The number of benzene rings is 2. The van der Waals surface area contributed by atoms with Crippen LogP contribution in [0.1, 0.15) is 34.0 Å². The van der Waals surface area contributed by atoms with Gasteiger partial charge in [-0.25, -0.2) is 0 Å². The molecule has 22 heavy (non-hydrogen) atoms. The van der Waals surface area contributed by atoms with E-state index in [1.165, 1.54) is 12.5 Å². The van der Waals surface area contributed by atoms with Gasteiger partial charge in [0.1, 0.15) is 0 Å². The lowest BCUT2D eigenvalue weighted by Crippen LogP contribution is -2.23. The summed E-state index contributed by atoms with van der Waals surface area (Å²) in [5.74, 6) is -0.174. The fourth-order valence-electron chi connectivity index (χ4n) is 2.11. The SMILES string of the molecule is CC(=O)NCc1ccc(C(=O)NCc2cccc(C)c2)cc1. The van der Waals surface area contributed by atoms with Crippen LogP contribution in [0.5, 0.6) is 0 Å². The van der Waals surface area contributed by atoms with Gasteiger partial charge in [0, 0.05) is 25.6 Å². The van der Waals surface area contributed by atoms with Crippen molar-refractivity contribution in [1.29, 1.82) is 0 Å². The average molecular weight is 296 g/mol. The van der Waals surface area contributed by atoms with Crippen molar-refractivity contribution in [2.75, 3.05) is 0 Å². The molecule has 2 N–H and O–H groups in total. The molecule has 114 valence electrons. The van der Waals surface area contributed by atoms with Crippen molar-refractivity contribution in [3.05, 3.63) is 70.8 Å². The molecule has 0 atom stereocenters. The zero-order valence-electron chi connectivity index (χ0n) is 12.8. The van der Waals surface area contributed by atoms with Crippen LogP contribution < -0.4 is 10.6 Å². The summed E-state index contributed by atoms with van der Waals surface area (Å²) in [4.78, 5) is 23.0. The molecule has 0 aromatic heterocycles. The maximum atomic E-state index is 12.1. The van der Waals surface area contributed by atoms with Crippen LogP contribution in [0.3, 0.4) is 0 Å². The third-order valence-electron chi connectivity index (χ3n) is 3.29. The molecule has 0 aliphatic carbocycles. The number of carbonyl (C=O) groups is 2. The van der Waals surface area contributed by atoms with E-state index in [0.29, 0.717) is 18.7 Å². The molecule has 0 saturated heterocycles. The van der Waals surface area contributed by atoms with E-state index in [0.717, 1.165) is 11.1 Å². The van der Waals surface area contributed by atoms with Gasteiger partial charge in [0.2, 0.25) is 5.91 Å². The summed E-state index contributed by atoms with van der Waals surface area (Å²) in [6.07, 6.45) is 0.